The van der Waals surface area contributed by atoms with Gasteiger partial charge in [-0.2, -0.15) is 0 Å². The quantitative estimate of drug-likeness (QED) is 0.251. The number of guanidine groups is 1. The zero-order chi connectivity index (χ0) is 17.7. The van der Waals surface area contributed by atoms with Crippen LogP contribution >= 0.6 is 24.0 Å². The van der Waals surface area contributed by atoms with Crippen molar-refractivity contribution < 1.29 is 9.13 Å². The first-order valence-corrected chi connectivity index (χ1v) is 8.58. The van der Waals surface area contributed by atoms with Crippen molar-refractivity contribution in [2.24, 2.45) is 4.99 Å². The minimum absolute atomic E-state index is 0. The molecule has 0 amide bonds. The average molecular weight is 471 g/mol. The predicted molar refractivity (Wildman–Crippen MR) is 115 cm³/mol. The standard InChI is InChI=1S/C20H26FN3O.HI/c1-22-20(24-15-17-9-11-19(21)12-10-17)23-13-5-6-14-25-16-18-7-3-2-4-8-18;/h2-4,7-12H,5-6,13-16H2,1H3,(H2,22,23,24);1H. The van der Waals surface area contributed by atoms with Gasteiger partial charge in [-0.1, -0.05) is 42.5 Å². The van der Waals surface area contributed by atoms with E-state index in [2.05, 4.69) is 27.8 Å². The summed E-state index contributed by atoms with van der Waals surface area (Å²) in [5, 5.41) is 6.48. The van der Waals surface area contributed by atoms with E-state index in [-0.39, 0.29) is 29.8 Å². The Hall–Kier alpha value is -1.67. The Morgan fingerprint density at radius 2 is 1.69 bits per heavy atom. The summed E-state index contributed by atoms with van der Waals surface area (Å²) in [5.41, 5.74) is 2.21. The Bertz CT molecular complexity index is 635. The van der Waals surface area contributed by atoms with Crippen molar-refractivity contribution in [2.45, 2.75) is 26.0 Å². The van der Waals surface area contributed by atoms with Gasteiger partial charge in [-0.25, -0.2) is 4.39 Å². The summed E-state index contributed by atoms with van der Waals surface area (Å²) in [5.74, 6) is 0.523. The van der Waals surface area contributed by atoms with Crippen LogP contribution in [0.15, 0.2) is 59.6 Å². The first-order chi connectivity index (χ1) is 12.3. The van der Waals surface area contributed by atoms with Crippen LogP contribution in [0.3, 0.4) is 0 Å². The summed E-state index contributed by atoms with van der Waals surface area (Å²) in [6.45, 7) is 2.85. The number of benzene rings is 2. The van der Waals surface area contributed by atoms with E-state index in [1.165, 1.54) is 17.7 Å². The number of hydrogen-bond donors (Lipinski definition) is 2. The normalized spacial score (nSPS) is 10.9. The largest absolute Gasteiger partial charge is 0.377 e. The molecular weight excluding hydrogens is 444 g/mol. The third kappa shape index (κ3) is 9.15. The van der Waals surface area contributed by atoms with Gasteiger partial charge < -0.3 is 15.4 Å². The van der Waals surface area contributed by atoms with Crippen molar-refractivity contribution in [3.8, 4) is 0 Å². The van der Waals surface area contributed by atoms with E-state index in [0.717, 1.165) is 37.5 Å². The summed E-state index contributed by atoms with van der Waals surface area (Å²) in [6, 6.07) is 16.6. The molecule has 0 aliphatic rings. The second-order valence-corrected chi connectivity index (χ2v) is 5.72. The average Bonchev–Trinajstić information content (AvgIpc) is 2.65. The molecule has 2 rings (SSSR count). The molecule has 2 N–H and O–H groups in total. The topological polar surface area (TPSA) is 45.7 Å². The molecule has 0 heterocycles. The molecule has 0 aromatic heterocycles. The number of nitrogens with zero attached hydrogens (tertiary/aromatic N) is 1. The van der Waals surface area contributed by atoms with Crippen molar-refractivity contribution in [2.75, 3.05) is 20.2 Å². The fourth-order valence-electron chi connectivity index (χ4n) is 2.31. The molecule has 0 unspecified atom stereocenters. The van der Waals surface area contributed by atoms with Gasteiger partial charge in [-0.3, -0.25) is 4.99 Å². The van der Waals surface area contributed by atoms with Crippen LogP contribution in [0, 0.1) is 5.82 Å². The fraction of sp³-hybridized carbons (Fsp3) is 0.350. The molecule has 0 atom stereocenters. The van der Waals surface area contributed by atoms with Crippen LogP contribution in [-0.4, -0.2) is 26.2 Å². The lowest BCUT2D eigenvalue weighted by atomic mass is 10.2. The second-order valence-electron chi connectivity index (χ2n) is 5.72. The minimum atomic E-state index is -0.222. The van der Waals surface area contributed by atoms with E-state index in [9.17, 15) is 4.39 Å². The zero-order valence-corrected chi connectivity index (χ0v) is 17.4. The highest BCUT2D eigenvalue weighted by Gasteiger charge is 1.99. The molecule has 0 spiro atoms. The van der Waals surface area contributed by atoms with E-state index in [1.807, 2.05) is 18.2 Å². The van der Waals surface area contributed by atoms with E-state index in [4.69, 9.17) is 4.74 Å². The summed E-state index contributed by atoms with van der Waals surface area (Å²) in [4.78, 5) is 4.18. The van der Waals surface area contributed by atoms with Gasteiger partial charge in [0.1, 0.15) is 5.82 Å². The maximum atomic E-state index is 12.9. The molecule has 0 fully saturated rings. The number of rotatable bonds is 9. The maximum Gasteiger partial charge on any atom is 0.191 e. The number of hydrogen-bond acceptors (Lipinski definition) is 2. The second kappa shape index (κ2) is 13.5. The SMILES string of the molecule is CN=C(NCCCCOCc1ccccc1)NCc1ccc(F)cc1.I. The van der Waals surface area contributed by atoms with Crippen molar-refractivity contribution in [1.29, 1.82) is 0 Å². The van der Waals surface area contributed by atoms with Crippen molar-refractivity contribution in [1.82, 2.24) is 10.6 Å². The van der Waals surface area contributed by atoms with E-state index in [0.29, 0.717) is 13.2 Å². The lowest BCUT2D eigenvalue weighted by Gasteiger charge is -2.12. The molecule has 0 saturated carbocycles. The third-order valence-corrected chi connectivity index (χ3v) is 3.72. The molecule has 2 aromatic carbocycles. The van der Waals surface area contributed by atoms with Crippen LogP contribution in [0.25, 0.3) is 0 Å². The van der Waals surface area contributed by atoms with Gasteiger partial charge in [0.05, 0.1) is 6.61 Å². The van der Waals surface area contributed by atoms with Crippen LogP contribution in [0.1, 0.15) is 24.0 Å². The zero-order valence-electron chi connectivity index (χ0n) is 15.1. The Morgan fingerprint density at radius 1 is 0.962 bits per heavy atom. The van der Waals surface area contributed by atoms with Crippen LogP contribution in [-0.2, 0) is 17.9 Å². The van der Waals surface area contributed by atoms with E-state index in [1.54, 1.807) is 19.2 Å². The molecule has 0 saturated heterocycles. The summed E-state index contributed by atoms with van der Waals surface area (Å²) in [7, 11) is 1.74. The third-order valence-electron chi connectivity index (χ3n) is 3.72. The van der Waals surface area contributed by atoms with Gasteiger partial charge in [0.15, 0.2) is 5.96 Å². The first-order valence-electron chi connectivity index (χ1n) is 8.58. The Labute approximate surface area is 172 Å². The highest BCUT2D eigenvalue weighted by molar-refractivity contribution is 14.0. The number of unbranched alkanes of at least 4 members (excludes halogenated alkanes) is 1. The van der Waals surface area contributed by atoms with Crippen LogP contribution < -0.4 is 10.6 Å². The Morgan fingerprint density at radius 3 is 2.38 bits per heavy atom. The summed E-state index contributed by atoms with van der Waals surface area (Å²) in [6.07, 6.45) is 2.00. The van der Waals surface area contributed by atoms with Crippen molar-refractivity contribution in [3.63, 3.8) is 0 Å². The van der Waals surface area contributed by atoms with Crippen LogP contribution in [0.5, 0.6) is 0 Å². The van der Waals surface area contributed by atoms with Gasteiger partial charge in [0, 0.05) is 26.7 Å². The summed E-state index contributed by atoms with van der Waals surface area (Å²) >= 11 is 0. The minimum Gasteiger partial charge on any atom is -0.377 e. The predicted octanol–water partition coefficient (Wildman–Crippen LogP) is 4.11. The number of halogens is 2. The molecule has 0 radical (unpaired) electrons. The Balaban J connectivity index is 0.00000338. The molecule has 0 aliphatic heterocycles. The lowest BCUT2D eigenvalue weighted by Crippen LogP contribution is -2.37. The molecular formula is C20H27FIN3O. The molecule has 6 heteroatoms. The van der Waals surface area contributed by atoms with Crippen LogP contribution in [0.4, 0.5) is 4.39 Å². The van der Waals surface area contributed by atoms with Gasteiger partial charge in [-0.15, -0.1) is 24.0 Å². The molecule has 142 valence electrons. The van der Waals surface area contributed by atoms with Crippen LogP contribution in [0.2, 0.25) is 0 Å². The van der Waals surface area contributed by atoms with Gasteiger partial charge in [0.2, 0.25) is 0 Å². The number of aliphatic imine (C=N–C) groups is 1. The molecule has 0 aliphatic carbocycles. The van der Waals surface area contributed by atoms with Gasteiger partial charge >= 0.3 is 0 Å². The molecule has 2 aromatic rings. The molecule has 4 nitrogen and oxygen atoms in total. The van der Waals surface area contributed by atoms with Gasteiger partial charge in [0.25, 0.3) is 0 Å². The van der Waals surface area contributed by atoms with Gasteiger partial charge in [-0.05, 0) is 36.1 Å². The number of nitrogens with one attached hydrogen (secondary N) is 2. The highest BCUT2D eigenvalue weighted by Crippen LogP contribution is 2.02. The molecule has 26 heavy (non-hydrogen) atoms. The maximum absolute atomic E-state index is 12.9. The highest BCUT2D eigenvalue weighted by atomic mass is 127. The monoisotopic (exact) mass is 471 g/mol. The van der Waals surface area contributed by atoms with Crippen molar-refractivity contribution in [3.05, 3.63) is 71.5 Å². The molecule has 0 bridgehead atoms. The van der Waals surface area contributed by atoms with E-state index >= 15 is 0 Å². The fourth-order valence-corrected chi connectivity index (χ4v) is 2.31. The number of ether oxygens (including phenoxy) is 1. The smallest absolute Gasteiger partial charge is 0.191 e. The van der Waals surface area contributed by atoms with E-state index < -0.39 is 0 Å². The Kier molecular flexibility index (Phi) is 11.6. The first kappa shape index (κ1) is 22.4. The lowest BCUT2D eigenvalue weighted by molar-refractivity contribution is 0.117. The van der Waals surface area contributed by atoms with Crippen molar-refractivity contribution >= 4 is 29.9 Å². The summed E-state index contributed by atoms with van der Waals surface area (Å²) < 4.78 is 18.5.